The van der Waals surface area contributed by atoms with E-state index in [0.29, 0.717) is 6.79 Å². The van der Waals surface area contributed by atoms with Gasteiger partial charge in [-0.05, 0) is 0 Å². The van der Waals surface area contributed by atoms with E-state index in [-0.39, 0.29) is 14.9 Å². The van der Waals surface area contributed by atoms with Gasteiger partial charge in [0.25, 0.3) is 0 Å². The summed E-state index contributed by atoms with van der Waals surface area (Å²) in [5, 5.41) is 14.2. The van der Waals surface area contributed by atoms with Crippen LogP contribution in [-0.2, 0) is 9.47 Å². The van der Waals surface area contributed by atoms with E-state index in [1.807, 2.05) is 0 Å². The van der Waals surface area contributed by atoms with E-state index in [0.717, 1.165) is 0 Å². The summed E-state index contributed by atoms with van der Waals surface area (Å²) >= 11 is 0. The van der Waals surface area contributed by atoms with Crippen LogP contribution in [0.5, 0.6) is 0 Å². The average Bonchev–Trinajstić information content (AvgIpc) is 1.71. The van der Waals surface area contributed by atoms with Crippen molar-refractivity contribution in [1.82, 2.24) is 0 Å². The second-order valence-electron chi connectivity index (χ2n) is 0.837. The van der Waals surface area contributed by atoms with Crippen molar-refractivity contribution in [3.05, 3.63) is 0 Å². The van der Waals surface area contributed by atoms with E-state index in [1.54, 1.807) is 14.2 Å². The summed E-state index contributed by atoms with van der Waals surface area (Å²) in [4.78, 5) is 0. The molecule has 0 atom stereocenters. The lowest BCUT2D eigenvalue weighted by atomic mass is 11.4. The van der Waals surface area contributed by atoms with Crippen LogP contribution >= 0.6 is 0 Å². The van der Waals surface area contributed by atoms with E-state index in [4.69, 9.17) is 10.2 Å². The maximum Gasteiger partial charge on any atom is 0.145 e. The molecule has 0 bridgehead atoms. The Bertz CT molecular complexity index is 23.7. The first-order valence-corrected chi connectivity index (χ1v) is 2.03. The molecule has 0 rings (SSSR count). The van der Waals surface area contributed by atoms with Gasteiger partial charge in [-0.1, -0.05) is 14.9 Å². The zero-order valence-electron chi connectivity index (χ0n) is 5.13. The Balaban J connectivity index is -0.0000000326. The minimum Gasteiger partial charge on any atom is -0.371 e. The fourth-order valence-corrected chi connectivity index (χ4v) is 0.118. The minimum absolute atomic E-state index is 0. The normalized spacial score (nSPS) is 6.00. The molecule has 0 aliphatic carbocycles. The van der Waals surface area contributed by atoms with Gasteiger partial charge in [-0.25, -0.2) is 0 Å². The smallest absolute Gasteiger partial charge is 0.145 e. The van der Waals surface area contributed by atoms with Gasteiger partial charge in [0, 0.05) is 14.2 Å². The number of methoxy groups -OCH3 is 2. The van der Waals surface area contributed by atoms with Crippen molar-refractivity contribution < 1.29 is 19.7 Å². The SMILES string of the molecule is C.C.COCOC.OCO. The molecule has 0 aromatic carbocycles. The van der Waals surface area contributed by atoms with E-state index in [2.05, 4.69) is 9.47 Å². The zero-order valence-corrected chi connectivity index (χ0v) is 5.13. The predicted octanol–water partition coefficient (Wildman–Crippen LogP) is 0.437. The van der Waals surface area contributed by atoms with E-state index < -0.39 is 6.79 Å². The van der Waals surface area contributed by atoms with Gasteiger partial charge in [-0.15, -0.1) is 0 Å². The maximum atomic E-state index is 7.12. The number of ether oxygens (including phenoxy) is 2. The minimum atomic E-state index is -0.750. The Morgan fingerprint density at radius 2 is 1.20 bits per heavy atom. The molecule has 4 nitrogen and oxygen atoms in total. The van der Waals surface area contributed by atoms with E-state index in [1.165, 1.54) is 0 Å². The van der Waals surface area contributed by atoms with Crippen molar-refractivity contribution in [3.63, 3.8) is 0 Å². The van der Waals surface area contributed by atoms with Crippen molar-refractivity contribution in [2.45, 2.75) is 14.9 Å². The quantitative estimate of drug-likeness (QED) is 0.569. The third kappa shape index (κ3) is 108. The first-order valence-electron chi connectivity index (χ1n) is 2.03. The number of hydrogen-bond acceptors (Lipinski definition) is 4. The average molecular weight is 156 g/mol. The van der Waals surface area contributed by atoms with Crippen LogP contribution in [0.25, 0.3) is 0 Å². The van der Waals surface area contributed by atoms with Gasteiger partial charge in [0.1, 0.15) is 13.6 Å². The Labute approximate surface area is 63.4 Å². The summed E-state index contributed by atoms with van der Waals surface area (Å²) in [5.41, 5.74) is 0. The molecule has 0 aromatic rings. The Kier molecular flexibility index (Phi) is 83.1. The standard InChI is InChI=1S/C3H8O2.CH4O2.2CH4/c1-4-3-5-2;2-1-3;;/h3H2,1-2H3;2-3H,1H2;2*1H4. The van der Waals surface area contributed by atoms with E-state index in [9.17, 15) is 0 Å². The summed E-state index contributed by atoms with van der Waals surface area (Å²) in [7, 11) is 3.17. The highest BCUT2D eigenvalue weighted by Crippen LogP contribution is 1.60. The molecular weight excluding hydrogens is 136 g/mol. The summed E-state index contributed by atoms with van der Waals surface area (Å²) in [6, 6.07) is 0. The van der Waals surface area contributed by atoms with Crippen LogP contribution in [0, 0.1) is 0 Å². The van der Waals surface area contributed by atoms with Gasteiger partial charge in [-0.2, -0.15) is 0 Å². The lowest BCUT2D eigenvalue weighted by molar-refractivity contribution is -0.00272. The molecule has 0 aromatic heterocycles. The largest absolute Gasteiger partial charge is 0.371 e. The number of aliphatic hydroxyl groups is 2. The topological polar surface area (TPSA) is 58.9 Å². The van der Waals surface area contributed by atoms with Crippen LogP contribution in [0.2, 0.25) is 0 Å². The highest BCUT2D eigenvalue weighted by molar-refractivity contribution is 3.84. The van der Waals surface area contributed by atoms with Gasteiger partial charge in [-0.3, -0.25) is 0 Å². The molecule has 0 unspecified atom stereocenters. The molecule has 10 heavy (non-hydrogen) atoms. The molecule has 4 heteroatoms. The molecule has 0 amide bonds. The molecule has 0 saturated heterocycles. The highest BCUT2D eigenvalue weighted by Gasteiger charge is 1.63. The third-order valence-electron chi connectivity index (χ3n) is 0.236. The van der Waals surface area contributed by atoms with Crippen LogP contribution in [0.15, 0.2) is 0 Å². The van der Waals surface area contributed by atoms with Crippen LogP contribution in [0.4, 0.5) is 0 Å². The van der Waals surface area contributed by atoms with Gasteiger partial charge in [0.2, 0.25) is 0 Å². The van der Waals surface area contributed by atoms with Crippen molar-refractivity contribution in [2.75, 3.05) is 27.8 Å². The molecule has 0 heterocycles. The van der Waals surface area contributed by atoms with Crippen molar-refractivity contribution >= 4 is 0 Å². The summed E-state index contributed by atoms with van der Waals surface area (Å²) < 4.78 is 8.94. The summed E-state index contributed by atoms with van der Waals surface area (Å²) in [5.74, 6) is 0. The number of rotatable bonds is 2. The van der Waals surface area contributed by atoms with Crippen LogP contribution in [0.1, 0.15) is 14.9 Å². The summed E-state index contributed by atoms with van der Waals surface area (Å²) in [6.45, 7) is -0.361. The predicted molar refractivity (Wildman–Crippen MR) is 41.7 cm³/mol. The fourth-order valence-electron chi connectivity index (χ4n) is 0.118. The fraction of sp³-hybridized carbons (Fsp3) is 1.00. The lowest BCUT2D eigenvalue weighted by Crippen LogP contribution is -1.87. The van der Waals surface area contributed by atoms with Gasteiger partial charge in [0.15, 0.2) is 0 Å². The number of hydrogen-bond donors (Lipinski definition) is 2. The lowest BCUT2D eigenvalue weighted by Gasteiger charge is -1.87. The molecule has 0 aliphatic heterocycles. The first-order chi connectivity index (χ1) is 3.83. The Morgan fingerprint density at radius 1 is 1.00 bits per heavy atom. The second-order valence-corrected chi connectivity index (χ2v) is 0.837. The van der Waals surface area contributed by atoms with Crippen molar-refractivity contribution in [1.29, 1.82) is 0 Å². The Hall–Kier alpha value is -0.160. The highest BCUT2D eigenvalue weighted by atomic mass is 16.6. The van der Waals surface area contributed by atoms with Gasteiger partial charge >= 0.3 is 0 Å². The molecule has 0 saturated carbocycles. The molecule has 0 fully saturated rings. The third-order valence-corrected chi connectivity index (χ3v) is 0.236. The maximum absolute atomic E-state index is 7.12. The Morgan fingerprint density at radius 3 is 1.20 bits per heavy atom. The zero-order chi connectivity index (χ0) is 6.83. The van der Waals surface area contributed by atoms with Crippen LogP contribution < -0.4 is 0 Å². The van der Waals surface area contributed by atoms with Gasteiger partial charge < -0.3 is 19.7 Å². The van der Waals surface area contributed by atoms with Crippen LogP contribution in [-0.4, -0.2) is 38.0 Å². The molecule has 0 aliphatic rings. The molecular formula is C6H20O4. The second kappa shape index (κ2) is 36.8. The summed E-state index contributed by atoms with van der Waals surface area (Å²) in [6.07, 6.45) is 0. The first kappa shape index (κ1) is 22.5. The van der Waals surface area contributed by atoms with Gasteiger partial charge in [0.05, 0.1) is 0 Å². The van der Waals surface area contributed by atoms with Crippen molar-refractivity contribution in [2.24, 2.45) is 0 Å². The monoisotopic (exact) mass is 156 g/mol. The molecule has 0 spiro atoms. The molecule has 68 valence electrons. The molecule has 2 N–H and O–H groups in total. The van der Waals surface area contributed by atoms with Crippen LogP contribution in [0.3, 0.4) is 0 Å². The number of aliphatic hydroxyl groups excluding tert-OH is 1. The molecule has 0 radical (unpaired) electrons. The van der Waals surface area contributed by atoms with E-state index >= 15 is 0 Å². The van der Waals surface area contributed by atoms with Crippen molar-refractivity contribution in [3.8, 4) is 0 Å².